The summed E-state index contributed by atoms with van der Waals surface area (Å²) in [5.41, 5.74) is 6.52. The fourth-order valence-electron chi connectivity index (χ4n) is 1.57. The van der Waals surface area contributed by atoms with Gasteiger partial charge in [0.1, 0.15) is 5.75 Å². The molecule has 0 aliphatic heterocycles. The number of hydrogen-bond acceptors (Lipinski definition) is 4. The lowest BCUT2D eigenvalue weighted by Gasteiger charge is -2.13. The second kappa shape index (κ2) is 6.13. The zero-order valence-corrected chi connectivity index (χ0v) is 10.5. The number of carbonyl (C=O) groups is 1. The standard InChI is InChI=1S/C13H19NO3/c1-4-5-9(2)17-13(15)11-7-6-10(16-3)8-12(11)14/h6-9H,4-5,14H2,1-3H3. The van der Waals surface area contributed by atoms with Gasteiger partial charge in [-0.1, -0.05) is 13.3 Å². The van der Waals surface area contributed by atoms with Gasteiger partial charge in [-0.2, -0.15) is 0 Å². The second-order valence-corrected chi connectivity index (χ2v) is 3.96. The molecular formula is C13H19NO3. The number of nitrogens with two attached hydrogens (primary N) is 1. The summed E-state index contributed by atoms with van der Waals surface area (Å²) in [7, 11) is 1.55. The van der Waals surface area contributed by atoms with Crippen LogP contribution in [0, 0.1) is 0 Å². The van der Waals surface area contributed by atoms with E-state index < -0.39 is 0 Å². The van der Waals surface area contributed by atoms with E-state index in [9.17, 15) is 4.79 Å². The molecule has 0 aromatic heterocycles. The molecule has 17 heavy (non-hydrogen) atoms. The van der Waals surface area contributed by atoms with Crippen LogP contribution in [0.25, 0.3) is 0 Å². The summed E-state index contributed by atoms with van der Waals surface area (Å²) in [5, 5.41) is 0. The highest BCUT2D eigenvalue weighted by atomic mass is 16.5. The molecule has 1 aromatic carbocycles. The van der Waals surface area contributed by atoms with Gasteiger partial charge in [0.15, 0.2) is 0 Å². The van der Waals surface area contributed by atoms with Crippen LogP contribution in [-0.2, 0) is 4.74 Å². The smallest absolute Gasteiger partial charge is 0.340 e. The first-order valence-electron chi connectivity index (χ1n) is 5.73. The van der Waals surface area contributed by atoms with Crippen LogP contribution >= 0.6 is 0 Å². The Hall–Kier alpha value is -1.71. The number of rotatable bonds is 5. The van der Waals surface area contributed by atoms with E-state index in [0.29, 0.717) is 17.0 Å². The summed E-state index contributed by atoms with van der Waals surface area (Å²) in [6.07, 6.45) is 1.74. The van der Waals surface area contributed by atoms with Crippen molar-refractivity contribution in [1.82, 2.24) is 0 Å². The third-order valence-corrected chi connectivity index (χ3v) is 2.48. The molecule has 4 nitrogen and oxygen atoms in total. The Bertz CT molecular complexity index is 390. The number of nitrogen functional groups attached to an aromatic ring is 1. The Morgan fingerprint density at radius 2 is 2.18 bits per heavy atom. The molecule has 94 valence electrons. The van der Waals surface area contributed by atoms with Crippen LogP contribution in [-0.4, -0.2) is 19.2 Å². The predicted molar refractivity (Wildman–Crippen MR) is 67.2 cm³/mol. The van der Waals surface area contributed by atoms with E-state index in [-0.39, 0.29) is 12.1 Å². The summed E-state index contributed by atoms with van der Waals surface area (Å²) >= 11 is 0. The monoisotopic (exact) mass is 237 g/mol. The van der Waals surface area contributed by atoms with Crippen LogP contribution in [0.15, 0.2) is 18.2 Å². The van der Waals surface area contributed by atoms with Gasteiger partial charge in [-0.15, -0.1) is 0 Å². The third kappa shape index (κ3) is 3.66. The Kier molecular flexibility index (Phi) is 4.82. The van der Waals surface area contributed by atoms with Crippen molar-refractivity contribution in [2.45, 2.75) is 32.8 Å². The highest BCUT2D eigenvalue weighted by molar-refractivity contribution is 5.95. The van der Waals surface area contributed by atoms with Crippen molar-refractivity contribution in [2.75, 3.05) is 12.8 Å². The number of ether oxygens (including phenoxy) is 2. The lowest BCUT2D eigenvalue weighted by molar-refractivity contribution is 0.0325. The number of carbonyl (C=O) groups excluding carboxylic acids is 1. The van der Waals surface area contributed by atoms with Crippen LogP contribution in [0.4, 0.5) is 5.69 Å². The van der Waals surface area contributed by atoms with Gasteiger partial charge >= 0.3 is 5.97 Å². The van der Waals surface area contributed by atoms with Gasteiger partial charge < -0.3 is 15.2 Å². The van der Waals surface area contributed by atoms with E-state index in [1.807, 2.05) is 13.8 Å². The van der Waals surface area contributed by atoms with Gasteiger partial charge in [0.2, 0.25) is 0 Å². The van der Waals surface area contributed by atoms with E-state index in [4.69, 9.17) is 15.2 Å². The Morgan fingerprint density at radius 1 is 1.47 bits per heavy atom. The Labute approximate surface area is 102 Å². The predicted octanol–water partition coefficient (Wildman–Crippen LogP) is 2.62. The lowest BCUT2D eigenvalue weighted by atomic mass is 10.1. The summed E-state index contributed by atoms with van der Waals surface area (Å²) in [6.45, 7) is 3.92. The minimum absolute atomic E-state index is 0.0889. The largest absolute Gasteiger partial charge is 0.497 e. The van der Waals surface area contributed by atoms with Crippen molar-refractivity contribution in [3.05, 3.63) is 23.8 Å². The fraction of sp³-hybridized carbons (Fsp3) is 0.462. The summed E-state index contributed by atoms with van der Waals surface area (Å²) in [6, 6.07) is 4.92. The number of methoxy groups -OCH3 is 1. The van der Waals surface area contributed by atoms with Gasteiger partial charge in [-0.25, -0.2) is 4.79 Å². The van der Waals surface area contributed by atoms with E-state index in [1.54, 1.807) is 25.3 Å². The van der Waals surface area contributed by atoms with Crippen molar-refractivity contribution < 1.29 is 14.3 Å². The van der Waals surface area contributed by atoms with Gasteiger partial charge in [0, 0.05) is 11.8 Å². The Morgan fingerprint density at radius 3 is 2.71 bits per heavy atom. The molecule has 2 N–H and O–H groups in total. The molecular weight excluding hydrogens is 218 g/mol. The van der Waals surface area contributed by atoms with Crippen molar-refractivity contribution >= 4 is 11.7 Å². The first-order valence-corrected chi connectivity index (χ1v) is 5.73. The maximum atomic E-state index is 11.8. The number of benzene rings is 1. The van der Waals surface area contributed by atoms with E-state index in [0.717, 1.165) is 12.8 Å². The summed E-state index contributed by atoms with van der Waals surface area (Å²) in [4.78, 5) is 11.8. The molecule has 0 bridgehead atoms. The zero-order chi connectivity index (χ0) is 12.8. The normalized spacial score (nSPS) is 11.9. The van der Waals surface area contributed by atoms with Crippen LogP contribution < -0.4 is 10.5 Å². The van der Waals surface area contributed by atoms with Crippen molar-refractivity contribution in [3.8, 4) is 5.75 Å². The van der Waals surface area contributed by atoms with Gasteiger partial charge in [-0.3, -0.25) is 0 Å². The molecule has 0 heterocycles. The van der Waals surface area contributed by atoms with Gasteiger partial charge in [0.05, 0.1) is 18.8 Å². The molecule has 0 aliphatic rings. The molecule has 1 aromatic rings. The van der Waals surface area contributed by atoms with E-state index >= 15 is 0 Å². The van der Waals surface area contributed by atoms with Gasteiger partial charge in [0.25, 0.3) is 0 Å². The molecule has 0 saturated heterocycles. The third-order valence-electron chi connectivity index (χ3n) is 2.48. The molecule has 0 aliphatic carbocycles. The number of hydrogen-bond donors (Lipinski definition) is 1. The molecule has 0 radical (unpaired) electrons. The first kappa shape index (κ1) is 13.4. The van der Waals surface area contributed by atoms with Gasteiger partial charge in [-0.05, 0) is 25.5 Å². The van der Waals surface area contributed by atoms with E-state index in [1.165, 1.54) is 0 Å². The molecule has 0 saturated carbocycles. The SMILES string of the molecule is CCCC(C)OC(=O)c1ccc(OC)cc1N. The topological polar surface area (TPSA) is 61.5 Å². The summed E-state index contributed by atoms with van der Waals surface area (Å²) in [5.74, 6) is 0.242. The minimum atomic E-state index is -0.383. The van der Waals surface area contributed by atoms with E-state index in [2.05, 4.69) is 0 Å². The van der Waals surface area contributed by atoms with Crippen molar-refractivity contribution in [1.29, 1.82) is 0 Å². The van der Waals surface area contributed by atoms with Crippen molar-refractivity contribution in [3.63, 3.8) is 0 Å². The number of anilines is 1. The second-order valence-electron chi connectivity index (χ2n) is 3.96. The zero-order valence-electron chi connectivity index (χ0n) is 10.5. The number of esters is 1. The first-order chi connectivity index (χ1) is 8.08. The quantitative estimate of drug-likeness (QED) is 0.631. The maximum absolute atomic E-state index is 11.8. The average Bonchev–Trinajstić information content (AvgIpc) is 2.28. The molecule has 1 rings (SSSR count). The van der Waals surface area contributed by atoms with Crippen LogP contribution in [0.2, 0.25) is 0 Å². The van der Waals surface area contributed by atoms with Crippen molar-refractivity contribution in [2.24, 2.45) is 0 Å². The molecule has 1 atom stereocenters. The maximum Gasteiger partial charge on any atom is 0.340 e. The molecule has 4 heteroatoms. The molecule has 0 fully saturated rings. The molecule has 0 amide bonds. The van der Waals surface area contributed by atoms with Crippen LogP contribution in [0.3, 0.4) is 0 Å². The molecule has 0 spiro atoms. The average molecular weight is 237 g/mol. The Balaban J connectivity index is 2.75. The summed E-state index contributed by atoms with van der Waals surface area (Å²) < 4.78 is 10.3. The lowest BCUT2D eigenvalue weighted by Crippen LogP contribution is -2.16. The fourth-order valence-corrected chi connectivity index (χ4v) is 1.57. The molecule has 1 unspecified atom stereocenters. The highest BCUT2D eigenvalue weighted by Crippen LogP contribution is 2.21. The van der Waals surface area contributed by atoms with Crippen LogP contribution in [0.1, 0.15) is 37.0 Å². The van der Waals surface area contributed by atoms with Crippen LogP contribution in [0.5, 0.6) is 5.75 Å². The minimum Gasteiger partial charge on any atom is -0.497 e. The highest BCUT2D eigenvalue weighted by Gasteiger charge is 2.14.